The van der Waals surface area contributed by atoms with E-state index in [9.17, 15) is 9.50 Å². The number of morpholine rings is 1. The van der Waals surface area contributed by atoms with E-state index in [0.29, 0.717) is 43.3 Å². The van der Waals surface area contributed by atoms with Crippen molar-refractivity contribution in [3.05, 3.63) is 24.0 Å². The lowest BCUT2D eigenvalue weighted by Crippen LogP contribution is -2.47. The van der Waals surface area contributed by atoms with E-state index >= 15 is 0 Å². The number of benzene rings is 1. The lowest BCUT2D eigenvalue weighted by Gasteiger charge is -2.35. The minimum absolute atomic E-state index is 0.0154. The first kappa shape index (κ1) is 13.3. The highest BCUT2D eigenvalue weighted by Crippen LogP contribution is 2.26. The number of hydrogen-bond acceptors (Lipinski definition) is 5. The van der Waals surface area contributed by atoms with Gasteiger partial charge >= 0.3 is 0 Å². The van der Waals surface area contributed by atoms with Crippen LogP contribution in [0, 0.1) is 5.82 Å². The molecule has 1 aliphatic rings. The number of nitrogens with zero attached hydrogens (tertiary/aromatic N) is 2. The molecule has 1 N–H and O–H groups in total. The van der Waals surface area contributed by atoms with Crippen LogP contribution >= 0.6 is 0 Å². The van der Waals surface area contributed by atoms with Gasteiger partial charge in [0.2, 0.25) is 0 Å². The van der Waals surface area contributed by atoms with Crippen LogP contribution < -0.4 is 4.90 Å². The molecule has 1 saturated heterocycles. The Morgan fingerprint density at radius 3 is 3.20 bits per heavy atom. The second-order valence-electron chi connectivity index (χ2n) is 5.12. The Morgan fingerprint density at radius 1 is 1.55 bits per heavy atom. The van der Waals surface area contributed by atoms with E-state index in [1.54, 1.807) is 13.0 Å². The second-order valence-corrected chi connectivity index (χ2v) is 5.12. The van der Waals surface area contributed by atoms with Crippen LogP contribution in [0.2, 0.25) is 0 Å². The third-order valence-corrected chi connectivity index (χ3v) is 3.42. The number of oxazole rings is 1. The number of hydrogen-bond donors (Lipinski definition) is 1. The highest BCUT2D eigenvalue weighted by atomic mass is 19.1. The molecule has 6 heteroatoms. The Labute approximate surface area is 116 Å². The monoisotopic (exact) mass is 280 g/mol. The smallest absolute Gasteiger partial charge is 0.298 e. The van der Waals surface area contributed by atoms with Gasteiger partial charge < -0.3 is 19.2 Å². The van der Waals surface area contributed by atoms with Crippen molar-refractivity contribution in [1.82, 2.24) is 4.98 Å². The molecule has 0 saturated carbocycles. The number of rotatable bonds is 3. The highest BCUT2D eigenvalue weighted by Gasteiger charge is 2.28. The van der Waals surface area contributed by atoms with Crippen LogP contribution in [0.1, 0.15) is 13.3 Å². The predicted octanol–water partition coefficient (Wildman–Crippen LogP) is 1.94. The fourth-order valence-corrected chi connectivity index (χ4v) is 2.51. The van der Waals surface area contributed by atoms with Crippen LogP contribution in [0.3, 0.4) is 0 Å². The van der Waals surface area contributed by atoms with Crippen molar-refractivity contribution in [2.45, 2.75) is 25.5 Å². The van der Waals surface area contributed by atoms with Gasteiger partial charge in [0.05, 0.1) is 25.4 Å². The van der Waals surface area contributed by atoms with Crippen LogP contribution in [0.15, 0.2) is 22.6 Å². The molecule has 0 spiro atoms. The van der Waals surface area contributed by atoms with Crippen LogP contribution in [-0.4, -0.2) is 42.0 Å². The number of aromatic nitrogens is 1. The zero-order valence-electron chi connectivity index (χ0n) is 11.3. The van der Waals surface area contributed by atoms with Crippen LogP contribution in [0.25, 0.3) is 11.1 Å². The molecular weight excluding hydrogens is 263 g/mol. The minimum atomic E-state index is -0.425. The van der Waals surface area contributed by atoms with Crippen molar-refractivity contribution >= 4 is 17.1 Å². The van der Waals surface area contributed by atoms with Crippen molar-refractivity contribution in [2.24, 2.45) is 0 Å². The quantitative estimate of drug-likeness (QED) is 0.931. The maximum atomic E-state index is 13.2. The first-order chi connectivity index (χ1) is 9.63. The summed E-state index contributed by atoms with van der Waals surface area (Å²) in [5.41, 5.74) is 1.06. The van der Waals surface area contributed by atoms with E-state index in [1.165, 1.54) is 12.1 Å². The van der Waals surface area contributed by atoms with Crippen molar-refractivity contribution < 1.29 is 18.7 Å². The highest BCUT2D eigenvalue weighted by molar-refractivity contribution is 5.74. The topological polar surface area (TPSA) is 58.7 Å². The Morgan fingerprint density at radius 2 is 2.40 bits per heavy atom. The second kappa shape index (κ2) is 5.38. The first-order valence-electron chi connectivity index (χ1n) is 6.72. The number of fused-ring (bicyclic) bond motifs is 1. The molecule has 0 bridgehead atoms. The molecule has 0 amide bonds. The average molecular weight is 280 g/mol. The predicted molar refractivity (Wildman–Crippen MR) is 72.2 cm³/mol. The fraction of sp³-hybridized carbons (Fsp3) is 0.500. The van der Waals surface area contributed by atoms with Gasteiger partial charge in [-0.1, -0.05) is 0 Å². The van der Waals surface area contributed by atoms with E-state index in [-0.39, 0.29) is 11.9 Å². The van der Waals surface area contributed by atoms with Crippen LogP contribution in [0.4, 0.5) is 10.4 Å². The fourth-order valence-electron chi connectivity index (χ4n) is 2.51. The lowest BCUT2D eigenvalue weighted by molar-refractivity contribution is 0.0698. The van der Waals surface area contributed by atoms with Gasteiger partial charge in [-0.05, 0) is 25.5 Å². The average Bonchev–Trinajstić information content (AvgIpc) is 2.81. The Hall–Kier alpha value is -1.66. The van der Waals surface area contributed by atoms with Gasteiger partial charge in [0.25, 0.3) is 6.01 Å². The zero-order chi connectivity index (χ0) is 14.1. The minimum Gasteiger partial charge on any atom is -0.423 e. The van der Waals surface area contributed by atoms with E-state index in [4.69, 9.17) is 9.15 Å². The number of aliphatic hydroxyl groups excluding tert-OH is 1. The summed E-state index contributed by atoms with van der Waals surface area (Å²) in [6, 6.07) is 4.75. The van der Waals surface area contributed by atoms with E-state index < -0.39 is 6.10 Å². The van der Waals surface area contributed by atoms with Gasteiger partial charge in [-0.15, -0.1) is 0 Å². The number of ether oxygens (including phenoxy) is 1. The molecule has 1 aliphatic heterocycles. The summed E-state index contributed by atoms with van der Waals surface area (Å²) < 4.78 is 24.3. The zero-order valence-corrected chi connectivity index (χ0v) is 11.3. The van der Waals surface area contributed by atoms with Gasteiger partial charge in [0, 0.05) is 12.6 Å². The van der Waals surface area contributed by atoms with Crippen LogP contribution in [0.5, 0.6) is 0 Å². The molecule has 1 aromatic carbocycles. The number of halogens is 1. The maximum Gasteiger partial charge on any atom is 0.298 e. The van der Waals surface area contributed by atoms with Gasteiger partial charge in [-0.2, -0.15) is 4.98 Å². The Bertz CT molecular complexity index is 599. The molecule has 5 nitrogen and oxygen atoms in total. The van der Waals surface area contributed by atoms with Gasteiger partial charge in [-0.25, -0.2) is 4.39 Å². The molecule has 0 aliphatic carbocycles. The number of anilines is 1. The summed E-state index contributed by atoms with van der Waals surface area (Å²) in [6.07, 6.45) is 0.151. The van der Waals surface area contributed by atoms with E-state index in [2.05, 4.69) is 4.98 Å². The summed E-state index contributed by atoms with van der Waals surface area (Å²) in [4.78, 5) is 6.32. The molecule has 2 aromatic rings. The molecule has 1 fully saturated rings. The van der Waals surface area contributed by atoms with Gasteiger partial charge in [0.1, 0.15) is 11.3 Å². The maximum absolute atomic E-state index is 13.2. The van der Waals surface area contributed by atoms with Crippen molar-refractivity contribution in [3.8, 4) is 0 Å². The Kier molecular flexibility index (Phi) is 3.58. The summed E-state index contributed by atoms with van der Waals surface area (Å²) in [5.74, 6) is -0.333. The summed E-state index contributed by atoms with van der Waals surface area (Å²) >= 11 is 0. The first-order valence-corrected chi connectivity index (χ1v) is 6.72. The molecule has 1 aromatic heterocycles. The van der Waals surface area contributed by atoms with Crippen molar-refractivity contribution in [1.29, 1.82) is 0 Å². The summed E-state index contributed by atoms with van der Waals surface area (Å²) in [5, 5.41) is 9.56. The molecule has 3 rings (SSSR count). The van der Waals surface area contributed by atoms with E-state index in [1.807, 2.05) is 4.90 Å². The lowest BCUT2D eigenvalue weighted by atomic mass is 10.1. The third kappa shape index (κ3) is 2.62. The summed E-state index contributed by atoms with van der Waals surface area (Å²) in [6.45, 7) is 3.50. The molecule has 20 heavy (non-hydrogen) atoms. The van der Waals surface area contributed by atoms with Crippen LogP contribution in [-0.2, 0) is 4.74 Å². The number of aliphatic hydroxyl groups is 1. The van der Waals surface area contributed by atoms with Gasteiger partial charge in [-0.3, -0.25) is 0 Å². The molecular formula is C14H17FN2O3. The molecule has 0 radical (unpaired) electrons. The molecule has 2 atom stereocenters. The Balaban J connectivity index is 1.90. The third-order valence-electron chi connectivity index (χ3n) is 3.42. The molecule has 108 valence electrons. The van der Waals surface area contributed by atoms with Crippen molar-refractivity contribution in [2.75, 3.05) is 24.7 Å². The molecule has 2 unspecified atom stereocenters. The SMILES string of the molecule is CC(O)CC1COCCN1c1nc2cc(F)ccc2o1. The normalized spacial score (nSPS) is 21.4. The van der Waals surface area contributed by atoms with Crippen molar-refractivity contribution in [3.63, 3.8) is 0 Å². The standard InChI is InChI=1S/C14H17FN2O3/c1-9(18)6-11-8-19-5-4-17(11)14-16-12-7-10(15)2-3-13(12)20-14/h2-3,7,9,11,18H,4-6,8H2,1H3. The van der Waals surface area contributed by atoms with E-state index in [0.717, 1.165) is 0 Å². The largest absolute Gasteiger partial charge is 0.423 e. The summed E-state index contributed by atoms with van der Waals surface area (Å²) in [7, 11) is 0. The van der Waals surface area contributed by atoms with Gasteiger partial charge in [0.15, 0.2) is 5.58 Å². The molecule has 2 heterocycles.